The Morgan fingerprint density at radius 3 is 2.46 bits per heavy atom. The smallest absolute Gasteiger partial charge is 0.313 e. The van der Waals surface area contributed by atoms with Gasteiger partial charge in [0.05, 0.1) is 6.54 Å². The number of hydrogen-bond donors (Lipinski definition) is 1. The highest BCUT2D eigenvalue weighted by atomic mass is 16.2. The maximum Gasteiger partial charge on any atom is 0.338 e. The van der Waals surface area contributed by atoms with E-state index in [1.807, 2.05) is 12.1 Å². The first kappa shape index (κ1) is 15.3. The summed E-state index contributed by atoms with van der Waals surface area (Å²) in [6, 6.07) is 7.77. The number of nitrogens with one attached hydrogen (secondary N) is 1. The number of benzene rings is 1. The maximum atomic E-state index is 12.6. The summed E-state index contributed by atoms with van der Waals surface area (Å²) >= 11 is 0. The van der Waals surface area contributed by atoms with Crippen LogP contribution in [-0.4, -0.2) is 46.9 Å². The second kappa shape index (κ2) is 6.02. The van der Waals surface area contributed by atoms with E-state index in [0.29, 0.717) is 0 Å². The van der Waals surface area contributed by atoms with Crippen LogP contribution in [0, 0.1) is 0 Å². The molecule has 1 saturated heterocycles. The topological polar surface area (TPSA) is 62.1 Å². The van der Waals surface area contributed by atoms with Gasteiger partial charge in [0.2, 0.25) is 0 Å². The number of urea groups is 1. The Kier molecular flexibility index (Phi) is 3.84. The first-order valence-corrected chi connectivity index (χ1v) is 8.74. The number of fused-ring (bicyclic) bond motifs is 1. The van der Waals surface area contributed by atoms with E-state index < -0.39 is 17.8 Å². The highest BCUT2D eigenvalue weighted by Gasteiger charge is 2.49. The van der Waals surface area contributed by atoms with Crippen LogP contribution < -0.4 is 4.90 Å². The van der Waals surface area contributed by atoms with Gasteiger partial charge in [0, 0.05) is 18.0 Å². The zero-order valence-electron chi connectivity index (χ0n) is 13.7. The van der Waals surface area contributed by atoms with Crippen LogP contribution in [0.3, 0.4) is 0 Å². The molecular formula is C18H22N3O3+. The SMILES string of the molecule is O=C1C(=O)N(C2CCCC2)C(=O)N1C[NH+]1CCc2ccccc2C1. The Labute approximate surface area is 141 Å². The van der Waals surface area contributed by atoms with E-state index >= 15 is 0 Å². The average molecular weight is 328 g/mol. The van der Waals surface area contributed by atoms with Crippen LogP contribution in [0.4, 0.5) is 4.79 Å². The zero-order valence-corrected chi connectivity index (χ0v) is 13.7. The standard InChI is InChI=1S/C18H21N3O3/c22-16-17(23)21(15-7-3-4-8-15)18(24)20(16)12-19-10-9-13-5-1-2-6-14(13)11-19/h1-2,5-6,15H,3-4,7-12H2/p+1. The molecule has 24 heavy (non-hydrogen) atoms. The molecular weight excluding hydrogens is 306 g/mol. The van der Waals surface area contributed by atoms with Crippen molar-refractivity contribution in [1.29, 1.82) is 0 Å². The second-order valence-corrected chi connectivity index (χ2v) is 6.98. The number of hydrogen-bond acceptors (Lipinski definition) is 3. The van der Waals surface area contributed by atoms with E-state index in [1.165, 1.54) is 16.0 Å². The molecule has 4 amide bonds. The van der Waals surface area contributed by atoms with Crippen LogP contribution in [0.5, 0.6) is 0 Å². The molecule has 2 aliphatic heterocycles. The van der Waals surface area contributed by atoms with Crippen LogP contribution in [0.25, 0.3) is 0 Å². The van der Waals surface area contributed by atoms with Crippen molar-refractivity contribution in [3.8, 4) is 0 Å². The fourth-order valence-electron chi connectivity index (χ4n) is 4.15. The van der Waals surface area contributed by atoms with Crippen molar-refractivity contribution in [1.82, 2.24) is 9.80 Å². The summed E-state index contributed by atoms with van der Waals surface area (Å²) in [6.45, 7) is 1.93. The highest BCUT2D eigenvalue weighted by Crippen LogP contribution is 2.27. The molecule has 1 aromatic rings. The Bertz CT molecular complexity index is 697. The molecule has 126 valence electrons. The van der Waals surface area contributed by atoms with Crippen LogP contribution >= 0.6 is 0 Å². The minimum atomic E-state index is -0.654. The van der Waals surface area contributed by atoms with Gasteiger partial charge in [0.25, 0.3) is 0 Å². The summed E-state index contributed by atoms with van der Waals surface area (Å²) in [6.07, 6.45) is 4.61. The Balaban J connectivity index is 1.48. The van der Waals surface area contributed by atoms with E-state index in [9.17, 15) is 14.4 Å². The van der Waals surface area contributed by atoms with E-state index in [2.05, 4.69) is 12.1 Å². The number of rotatable bonds is 3. The summed E-state index contributed by atoms with van der Waals surface area (Å²) < 4.78 is 0. The van der Waals surface area contributed by atoms with Crippen molar-refractivity contribution in [2.45, 2.75) is 44.7 Å². The van der Waals surface area contributed by atoms with Crippen molar-refractivity contribution in [2.24, 2.45) is 0 Å². The lowest BCUT2D eigenvalue weighted by Crippen LogP contribution is -3.13. The van der Waals surface area contributed by atoms with Crippen LogP contribution in [-0.2, 0) is 22.6 Å². The summed E-state index contributed by atoms with van der Waals surface area (Å²) in [7, 11) is 0. The highest BCUT2D eigenvalue weighted by molar-refractivity contribution is 6.44. The minimum absolute atomic E-state index is 0.0870. The van der Waals surface area contributed by atoms with E-state index in [0.717, 1.165) is 55.0 Å². The molecule has 4 rings (SSSR count). The zero-order chi connectivity index (χ0) is 16.7. The average Bonchev–Trinajstić information content (AvgIpc) is 3.18. The molecule has 1 unspecified atom stereocenters. The third-order valence-corrected chi connectivity index (χ3v) is 5.46. The molecule has 3 aliphatic rings. The molecule has 6 nitrogen and oxygen atoms in total. The molecule has 0 bridgehead atoms. The van der Waals surface area contributed by atoms with E-state index in [1.54, 1.807) is 0 Å². The predicted molar refractivity (Wildman–Crippen MR) is 85.9 cm³/mol. The molecule has 0 radical (unpaired) electrons. The normalized spacial score (nSPS) is 24.8. The van der Waals surface area contributed by atoms with Gasteiger partial charge in [-0.3, -0.25) is 14.5 Å². The van der Waals surface area contributed by atoms with Gasteiger partial charge in [-0.25, -0.2) is 9.69 Å². The van der Waals surface area contributed by atoms with Gasteiger partial charge in [0.15, 0.2) is 6.67 Å². The molecule has 6 heteroatoms. The van der Waals surface area contributed by atoms with Crippen molar-refractivity contribution < 1.29 is 19.3 Å². The van der Waals surface area contributed by atoms with Gasteiger partial charge < -0.3 is 4.90 Å². The van der Waals surface area contributed by atoms with Crippen LogP contribution in [0.15, 0.2) is 24.3 Å². The van der Waals surface area contributed by atoms with E-state index in [-0.39, 0.29) is 12.7 Å². The number of carbonyl (C=O) groups excluding carboxylic acids is 3. The number of imide groups is 2. The van der Waals surface area contributed by atoms with Crippen LogP contribution in [0.1, 0.15) is 36.8 Å². The van der Waals surface area contributed by atoms with E-state index in [4.69, 9.17) is 0 Å². The van der Waals surface area contributed by atoms with Crippen molar-refractivity contribution in [2.75, 3.05) is 13.2 Å². The van der Waals surface area contributed by atoms with Crippen molar-refractivity contribution in [3.05, 3.63) is 35.4 Å². The third-order valence-electron chi connectivity index (χ3n) is 5.46. The fourth-order valence-corrected chi connectivity index (χ4v) is 4.15. The number of carbonyl (C=O) groups is 3. The van der Waals surface area contributed by atoms with Crippen LogP contribution in [0.2, 0.25) is 0 Å². The quantitative estimate of drug-likeness (QED) is 0.642. The van der Waals surface area contributed by atoms with Gasteiger partial charge in [-0.1, -0.05) is 37.1 Å². The van der Waals surface area contributed by atoms with Gasteiger partial charge in [-0.15, -0.1) is 0 Å². The number of nitrogens with zero attached hydrogens (tertiary/aromatic N) is 2. The molecule has 1 atom stereocenters. The van der Waals surface area contributed by atoms with Crippen molar-refractivity contribution >= 4 is 17.8 Å². The van der Waals surface area contributed by atoms with Crippen molar-refractivity contribution in [3.63, 3.8) is 0 Å². The summed E-state index contributed by atoms with van der Waals surface area (Å²) in [5.41, 5.74) is 2.60. The molecule has 2 fully saturated rings. The maximum absolute atomic E-state index is 12.6. The molecule has 1 saturated carbocycles. The molecule has 2 heterocycles. The number of quaternary nitrogens is 1. The lowest BCUT2D eigenvalue weighted by molar-refractivity contribution is -0.923. The Morgan fingerprint density at radius 1 is 1.00 bits per heavy atom. The molecule has 1 aromatic carbocycles. The molecule has 1 aliphatic carbocycles. The van der Waals surface area contributed by atoms with Gasteiger partial charge in [-0.2, -0.15) is 0 Å². The van der Waals surface area contributed by atoms with Gasteiger partial charge >= 0.3 is 17.8 Å². The Morgan fingerprint density at radius 2 is 1.71 bits per heavy atom. The third kappa shape index (κ3) is 2.51. The second-order valence-electron chi connectivity index (χ2n) is 6.98. The summed E-state index contributed by atoms with van der Waals surface area (Å²) in [4.78, 5) is 40.7. The predicted octanol–water partition coefficient (Wildman–Crippen LogP) is 0.319. The van der Waals surface area contributed by atoms with Gasteiger partial charge in [-0.05, 0) is 18.4 Å². The minimum Gasteiger partial charge on any atom is -0.313 e. The molecule has 0 spiro atoms. The summed E-state index contributed by atoms with van der Waals surface area (Å²) in [5.74, 6) is -1.29. The molecule has 1 N–H and O–H groups in total. The lowest BCUT2D eigenvalue weighted by Gasteiger charge is -2.28. The fraction of sp³-hybridized carbons (Fsp3) is 0.500. The lowest BCUT2D eigenvalue weighted by atomic mass is 10.0. The molecule has 0 aromatic heterocycles. The first-order chi connectivity index (χ1) is 11.6. The Hall–Kier alpha value is -2.21. The summed E-state index contributed by atoms with van der Waals surface area (Å²) in [5, 5.41) is 0. The first-order valence-electron chi connectivity index (χ1n) is 8.74. The number of amides is 4. The largest absolute Gasteiger partial charge is 0.338 e. The monoisotopic (exact) mass is 328 g/mol. The van der Waals surface area contributed by atoms with Gasteiger partial charge in [0.1, 0.15) is 6.54 Å².